The molecule has 0 radical (unpaired) electrons. The molecule has 112 valence electrons. The van der Waals surface area contributed by atoms with Crippen molar-refractivity contribution in [2.24, 2.45) is 0 Å². The van der Waals surface area contributed by atoms with E-state index >= 15 is 0 Å². The highest BCUT2D eigenvalue weighted by Gasteiger charge is 2.16. The fourth-order valence-corrected chi connectivity index (χ4v) is 2.36. The number of halogens is 2. The van der Waals surface area contributed by atoms with Gasteiger partial charge in [0.1, 0.15) is 17.3 Å². The standard InChI is InChI=1S/C17H19ClFNO/c1-4-20-12(3)17-15(19)6-5-7-16(17)21-13-8-9-14(18)11(2)10-13/h5-10,12,20H,4H2,1-3H3. The van der Waals surface area contributed by atoms with E-state index in [0.29, 0.717) is 22.1 Å². The van der Waals surface area contributed by atoms with Crippen molar-refractivity contribution in [3.8, 4) is 11.5 Å². The molecule has 0 aromatic heterocycles. The first-order valence-electron chi connectivity index (χ1n) is 6.98. The van der Waals surface area contributed by atoms with Gasteiger partial charge in [-0.25, -0.2) is 4.39 Å². The van der Waals surface area contributed by atoms with Crippen molar-refractivity contribution in [3.63, 3.8) is 0 Å². The van der Waals surface area contributed by atoms with Crippen molar-refractivity contribution >= 4 is 11.6 Å². The lowest BCUT2D eigenvalue weighted by atomic mass is 10.1. The van der Waals surface area contributed by atoms with Crippen LogP contribution in [0, 0.1) is 12.7 Å². The maximum absolute atomic E-state index is 14.1. The minimum Gasteiger partial charge on any atom is -0.457 e. The molecule has 0 spiro atoms. The van der Waals surface area contributed by atoms with Crippen LogP contribution < -0.4 is 10.1 Å². The summed E-state index contributed by atoms with van der Waals surface area (Å²) < 4.78 is 20.0. The summed E-state index contributed by atoms with van der Waals surface area (Å²) in [6.45, 7) is 6.57. The Hall–Kier alpha value is -1.58. The number of rotatable bonds is 5. The van der Waals surface area contributed by atoms with Gasteiger partial charge in [0, 0.05) is 16.6 Å². The summed E-state index contributed by atoms with van der Waals surface area (Å²) in [5.74, 6) is 0.893. The van der Waals surface area contributed by atoms with Gasteiger partial charge >= 0.3 is 0 Å². The molecule has 0 heterocycles. The van der Waals surface area contributed by atoms with Gasteiger partial charge < -0.3 is 10.1 Å². The third kappa shape index (κ3) is 3.74. The Balaban J connectivity index is 2.35. The maximum Gasteiger partial charge on any atom is 0.135 e. The normalized spacial score (nSPS) is 12.2. The predicted octanol–water partition coefficient (Wildman–Crippen LogP) is 5.25. The molecule has 1 atom stereocenters. The second-order valence-electron chi connectivity index (χ2n) is 4.94. The molecule has 1 unspecified atom stereocenters. The first kappa shape index (κ1) is 15.8. The molecule has 0 bridgehead atoms. The van der Waals surface area contributed by atoms with Gasteiger partial charge in [0.05, 0.1) is 0 Å². The second-order valence-corrected chi connectivity index (χ2v) is 5.35. The van der Waals surface area contributed by atoms with Gasteiger partial charge in [0.15, 0.2) is 0 Å². The highest BCUT2D eigenvalue weighted by molar-refractivity contribution is 6.31. The number of hydrogen-bond acceptors (Lipinski definition) is 2. The van der Waals surface area contributed by atoms with E-state index in [9.17, 15) is 4.39 Å². The Morgan fingerprint density at radius 3 is 2.71 bits per heavy atom. The number of ether oxygens (including phenoxy) is 1. The molecule has 2 aromatic carbocycles. The van der Waals surface area contributed by atoms with E-state index in [-0.39, 0.29) is 11.9 Å². The van der Waals surface area contributed by atoms with E-state index in [0.717, 1.165) is 12.1 Å². The van der Waals surface area contributed by atoms with E-state index in [1.54, 1.807) is 24.3 Å². The number of aryl methyl sites for hydroxylation is 1. The third-order valence-electron chi connectivity index (χ3n) is 3.31. The first-order valence-corrected chi connectivity index (χ1v) is 7.36. The van der Waals surface area contributed by atoms with Crippen molar-refractivity contribution in [3.05, 3.63) is 58.4 Å². The van der Waals surface area contributed by atoms with Crippen LogP contribution in [0.3, 0.4) is 0 Å². The van der Waals surface area contributed by atoms with Crippen LogP contribution in [0.25, 0.3) is 0 Å². The molecule has 0 amide bonds. The van der Waals surface area contributed by atoms with Crippen molar-refractivity contribution in [2.75, 3.05) is 6.54 Å². The van der Waals surface area contributed by atoms with Gasteiger partial charge in [0.25, 0.3) is 0 Å². The van der Waals surface area contributed by atoms with Crippen LogP contribution in [0.4, 0.5) is 4.39 Å². The molecule has 2 aromatic rings. The minimum absolute atomic E-state index is 0.125. The van der Waals surface area contributed by atoms with Gasteiger partial charge in [-0.15, -0.1) is 0 Å². The molecule has 4 heteroatoms. The average molecular weight is 308 g/mol. The molecular formula is C17H19ClFNO. The zero-order chi connectivity index (χ0) is 15.4. The summed E-state index contributed by atoms with van der Waals surface area (Å²) in [6, 6.07) is 10.1. The lowest BCUT2D eigenvalue weighted by molar-refractivity contribution is 0.448. The Bertz CT molecular complexity index is 630. The summed E-state index contributed by atoms with van der Waals surface area (Å²) in [6.07, 6.45) is 0. The Labute approximate surface area is 129 Å². The van der Waals surface area contributed by atoms with Crippen LogP contribution in [-0.4, -0.2) is 6.54 Å². The molecular weight excluding hydrogens is 289 g/mol. The van der Waals surface area contributed by atoms with Crippen LogP contribution in [0.1, 0.15) is 31.0 Å². The highest BCUT2D eigenvalue weighted by atomic mass is 35.5. The molecule has 0 saturated heterocycles. The molecule has 0 aliphatic rings. The van der Waals surface area contributed by atoms with Crippen molar-refractivity contribution in [1.82, 2.24) is 5.32 Å². The fourth-order valence-electron chi connectivity index (χ4n) is 2.24. The number of hydrogen-bond donors (Lipinski definition) is 1. The smallest absolute Gasteiger partial charge is 0.135 e. The molecule has 2 nitrogen and oxygen atoms in total. The summed E-state index contributed by atoms with van der Waals surface area (Å²) in [5.41, 5.74) is 1.46. The quantitative estimate of drug-likeness (QED) is 0.814. The van der Waals surface area contributed by atoms with E-state index in [1.807, 2.05) is 26.8 Å². The summed E-state index contributed by atoms with van der Waals surface area (Å²) in [5, 5.41) is 3.89. The fraction of sp³-hybridized carbons (Fsp3) is 0.294. The Kier molecular flexibility index (Phi) is 5.21. The van der Waals surface area contributed by atoms with Gasteiger partial charge in [0.2, 0.25) is 0 Å². The summed E-state index contributed by atoms with van der Waals surface area (Å²) >= 11 is 6.01. The molecule has 0 aliphatic heterocycles. The highest BCUT2D eigenvalue weighted by Crippen LogP contribution is 2.32. The first-order chi connectivity index (χ1) is 10.0. The molecule has 2 rings (SSSR count). The summed E-state index contributed by atoms with van der Waals surface area (Å²) in [4.78, 5) is 0. The van der Waals surface area contributed by atoms with Gasteiger partial charge in [-0.05, 0) is 56.3 Å². The van der Waals surface area contributed by atoms with E-state index in [2.05, 4.69) is 5.32 Å². The van der Waals surface area contributed by atoms with Gasteiger partial charge in [-0.3, -0.25) is 0 Å². The molecule has 0 saturated carbocycles. The molecule has 1 N–H and O–H groups in total. The zero-order valence-corrected chi connectivity index (χ0v) is 13.2. The van der Waals surface area contributed by atoms with Crippen molar-refractivity contribution in [2.45, 2.75) is 26.8 Å². The van der Waals surface area contributed by atoms with Gasteiger partial charge in [-0.2, -0.15) is 0 Å². The molecule has 0 fully saturated rings. The third-order valence-corrected chi connectivity index (χ3v) is 3.74. The van der Waals surface area contributed by atoms with Crippen molar-refractivity contribution < 1.29 is 9.13 Å². The maximum atomic E-state index is 14.1. The van der Waals surface area contributed by atoms with Crippen LogP contribution in [-0.2, 0) is 0 Å². The van der Waals surface area contributed by atoms with Crippen LogP contribution in [0.2, 0.25) is 5.02 Å². The average Bonchev–Trinajstić information content (AvgIpc) is 2.43. The Morgan fingerprint density at radius 2 is 2.05 bits per heavy atom. The van der Waals surface area contributed by atoms with E-state index in [1.165, 1.54) is 6.07 Å². The zero-order valence-electron chi connectivity index (χ0n) is 12.4. The topological polar surface area (TPSA) is 21.3 Å². The Morgan fingerprint density at radius 1 is 1.29 bits per heavy atom. The van der Waals surface area contributed by atoms with Crippen molar-refractivity contribution in [1.29, 1.82) is 0 Å². The van der Waals surface area contributed by atoms with Gasteiger partial charge in [-0.1, -0.05) is 24.6 Å². The van der Waals surface area contributed by atoms with Crippen LogP contribution in [0.5, 0.6) is 11.5 Å². The second kappa shape index (κ2) is 6.92. The van der Waals surface area contributed by atoms with Crippen LogP contribution in [0.15, 0.2) is 36.4 Å². The number of nitrogens with one attached hydrogen (secondary N) is 1. The molecule has 0 aliphatic carbocycles. The lowest BCUT2D eigenvalue weighted by Gasteiger charge is -2.18. The van der Waals surface area contributed by atoms with E-state index in [4.69, 9.17) is 16.3 Å². The largest absolute Gasteiger partial charge is 0.457 e. The SMILES string of the molecule is CCNC(C)c1c(F)cccc1Oc1ccc(Cl)c(C)c1. The number of benzene rings is 2. The summed E-state index contributed by atoms with van der Waals surface area (Å²) in [7, 11) is 0. The lowest BCUT2D eigenvalue weighted by Crippen LogP contribution is -2.19. The molecule has 21 heavy (non-hydrogen) atoms. The van der Waals surface area contributed by atoms with E-state index < -0.39 is 0 Å². The minimum atomic E-state index is -0.272. The van der Waals surface area contributed by atoms with Crippen LogP contribution >= 0.6 is 11.6 Å². The monoisotopic (exact) mass is 307 g/mol. The predicted molar refractivity (Wildman–Crippen MR) is 84.8 cm³/mol.